The quantitative estimate of drug-likeness (QED) is 0.279. The highest BCUT2D eigenvalue weighted by Crippen LogP contribution is 2.72. The molecule has 1 aliphatic heterocycles. The predicted molar refractivity (Wildman–Crippen MR) is 138 cm³/mol. The van der Waals surface area contributed by atoms with E-state index in [2.05, 4.69) is 0 Å². The van der Waals surface area contributed by atoms with Crippen molar-refractivity contribution in [2.75, 3.05) is 19.1 Å². The zero-order valence-corrected chi connectivity index (χ0v) is 23.9. The standard InChI is InChI=1S/C29H38ClFO8/c1-16(33)37-15-23(35)29-24(38-25(2,3)39-29)12-20-21-10-17(14-32)19-11-18(36-9-8-30)6-7-26(19,4)28(21,31)22(34)13-27(20,29)5/h11,14,20-22,24,34H,6-10,12-13,15H2,1-5H3/t20-,21-,22-,24+,26-,27-,28-,29-/m0/s1. The third-order valence-electron chi connectivity index (χ3n) is 10.3. The lowest BCUT2D eigenvalue weighted by molar-refractivity contribution is -0.248. The van der Waals surface area contributed by atoms with Gasteiger partial charge in [0.25, 0.3) is 0 Å². The van der Waals surface area contributed by atoms with Gasteiger partial charge in [-0.3, -0.25) is 14.4 Å². The van der Waals surface area contributed by atoms with E-state index in [4.69, 9.17) is 30.5 Å². The molecule has 0 radical (unpaired) electrons. The molecule has 0 amide bonds. The molecule has 3 fully saturated rings. The van der Waals surface area contributed by atoms with Gasteiger partial charge in [0, 0.05) is 30.1 Å². The second-order valence-electron chi connectivity index (χ2n) is 12.6. The highest BCUT2D eigenvalue weighted by atomic mass is 35.5. The van der Waals surface area contributed by atoms with Crippen molar-refractivity contribution in [1.29, 1.82) is 0 Å². The Balaban J connectivity index is 1.61. The molecule has 1 saturated heterocycles. The maximum Gasteiger partial charge on any atom is 0.303 e. The smallest absolute Gasteiger partial charge is 0.303 e. The molecule has 4 aliphatic carbocycles. The van der Waals surface area contributed by atoms with E-state index < -0.39 is 70.3 Å². The third kappa shape index (κ3) is 3.82. The molecule has 5 rings (SSSR count). The summed E-state index contributed by atoms with van der Waals surface area (Å²) in [5.74, 6) is -2.43. The Morgan fingerprint density at radius 3 is 2.62 bits per heavy atom. The number of aliphatic hydroxyl groups excluding tert-OH is 1. The Morgan fingerprint density at radius 2 is 1.97 bits per heavy atom. The molecule has 1 heterocycles. The Morgan fingerprint density at radius 1 is 1.26 bits per heavy atom. The minimum atomic E-state index is -2.07. The molecule has 10 heteroatoms. The molecule has 0 aromatic heterocycles. The summed E-state index contributed by atoms with van der Waals surface area (Å²) in [6, 6.07) is 0. The van der Waals surface area contributed by atoms with E-state index in [0.717, 1.165) is 6.29 Å². The van der Waals surface area contributed by atoms with Crippen LogP contribution in [0.5, 0.6) is 0 Å². The Labute approximate surface area is 233 Å². The van der Waals surface area contributed by atoms with Gasteiger partial charge in [-0.05, 0) is 62.7 Å². The molecule has 2 saturated carbocycles. The van der Waals surface area contributed by atoms with E-state index in [9.17, 15) is 19.5 Å². The topological polar surface area (TPSA) is 108 Å². The van der Waals surface area contributed by atoms with Gasteiger partial charge in [-0.15, -0.1) is 11.6 Å². The summed E-state index contributed by atoms with van der Waals surface area (Å²) in [6.45, 7) is 8.07. The van der Waals surface area contributed by atoms with Crippen molar-refractivity contribution >= 4 is 29.6 Å². The molecule has 5 aliphatic rings. The summed E-state index contributed by atoms with van der Waals surface area (Å²) in [5.41, 5.74) is -4.76. The van der Waals surface area contributed by atoms with Crippen LogP contribution in [0.15, 0.2) is 23.0 Å². The van der Waals surface area contributed by atoms with Crippen LogP contribution in [0.2, 0.25) is 0 Å². The SMILES string of the molecule is CC(=O)OCC(=O)[C@]12OC(C)(C)O[C@@H]1C[C@H]1[C@@H]3CC(C=O)=C4C=C(OCCCl)CC[C@]4(C)[C@@]3(F)[C@@H](O)C[C@@]12C. The summed E-state index contributed by atoms with van der Waals surface area (Å²) < 4.78 is 41.3. The maximum absolute atomic E-state index is 17.8. The van der Waals surface area contributed by atoms with E-state index in [1.165, 1.54) is 6.92 Å². The van der Waals surface area contributed by atoms with Crippen molar-refractivity contribution in [3.63, 3.8) is 0 Å². The zero-order valence-electron chi connectivity index (χ0n) is 23.2. The fourth-order valence-electron chi connectivity index (χ4n) is 8.75. The molecule has 0 unspecified atom stereocenters. The van der Waals surface area contributed by atoms with E-state index in [0.29, 0.717) is 48.7 Å². The van der Waals surface area contributed by atoms with Crippen molar-refractivity contribution in [2.24, 2.45) is 22.7 Å². The summed E-state index contributed by atoms with van der Waals surface area (Å²) >= 11 is 5.78. The summed E-state index contributed by atoms with van der Waals surface area (Å²) in [6.07, 6.45) is 1.52. The van der Waals surface area contributed by atoms with Crippen LogP contribution in [0, 0.1) is 22.7 Å². The van der Waals surface area contributed by atoms with Gasteiger partial charge >= 0.3 is 5.97 Å². The minimum absolute atomic E-state index is 0.0506. The van der Waals surface area contributed by atoms with Crippen LogP contribution in [-0.2, 0) is 33.3 Å². The normalized spacial score (nSPS) is 43.9. The zero-order chi connectivity index (χ0) is 28.6. The number of Topliss-reactive ketones (excluding diaryl/α,β-unsaturated/α-hetero) is 1. The molecule has 1 N–H and O–H groups in total. The van der Waals surface area contributed by atoms with Gasteiger partial charge < -0.3 is 24.1 Å². The number of carbonyl (C=O) groups excluding carboxylic acids is 3. The molecule has 39 heavy (non-hydrogen) atoms. The van der Waals surface area contributed by atoms with Crippen molar-refractivity contribution in [1.82, 2.24) is 0 Å². The van der Waals surface area contributed by atoms with Crippen LogP contribution in [0.3, 0.4) is 0 Å². The van der Waals surface area contributed by atoms with Crippen LogP contribution in [0.25, 0.3) is 0 Å². The van der Waals surface area contributed by atoms with Gasteiger partial charge in [0.2, 0.25) is 5.78 Å². The van der Waals surface area contributed by atoms with Gasteiger partial charge in [0.05, 0.1) is 23.8 Å². The number of allylic oxidation sites excluding steroid dienone is 4. The van der Waals surface area contributed by atoms with Gasteiger partial charge in [0.1, 0.15) is 18.6 Å². The number of esters is 1. The van der Waals surface area contributed by atoms with Crippen LogP contribution >= 0.6 is 11.6 Å². The van der Waals surface area contributed by atoms with E-state index >= 15 is 4.39 Å². The molecule has 0 aromatic carbocycles. The number of fused-ring (bicyclic) bond motifs is 7. The average molecular weight is 569 g/mol. The second-order valence-corrected chi connectivity index (χ2v) is 13.0. The Kier molecular flexibility index (Phi) is 6.89. The highest BCUT2D eigenvalue weighted by Gasteiger charge is 2.80. The molecule has 0 aromatic rings. The lowest BCUT2D eigenvalue weighted by Crippen LogP contribution is -2.70. The molecule has 0 bridgehead atoms. The number of aldehydes is 1. The summed E-state index contributed by atoms with van der Waals surface area (Å²) in [5, 5.41) is 11.8. The van der Waals surface area contributed by atoms with Gasteiger partial charge in [-0.1, -0.05) is 13.8 Å². The first-order chi connectivity index (χ1) is 18.2. The number of alkyl halides is 2. The van der Waals surface area contributed by atoms with E-state index in [1.807, 2.05) is 6.92 Å². The lowest BCUT2D eigenvalue weighted by atomic mass is 9.44. The largest absolute Gasteiger partial charge is 0.497 e. The first-order valence-electron chi connectivity index (χ1n) is 13.7. The molecule has 8 nitrogen and oxygen atoms in total. The molecule has 8 atom stereocenters. The van der Waals surface area contributed by atoms with Crippen LogP contribution < -0.4 is 0 Å². The first kappa shape index (κ1) is 28.7. The van der Waals surface area contributed by atoms with Crippen molar-refractivity contribution in [3.8, 4) is 0 Å². The third-order valence-corrected chi connectivity index (χ3v) is 10.4. The fourth-order valence-corrected chi connectivity index (χ4v) is 8.83. The number of hydrogen-bond donors (Lipinski definition) is 1. The summed E-state index contributed by atoms with van der Waals surface area (Å²) in [4.78, 5) is 37.8. The predicted octanol–water partition coefficient (Wildman–Crippen LogP) is 3.96. The Hall–Kier alpha value is -1.81. The molecule has 0 spiro atoms. The van der Waals surface area contributed by atoms with Crippen molar-refractivity contribution in [3.05, 3.63) is 23.0 Å². The number of ether oxygens (including phenoxy) is 4. The number of ketones is 1. The van der Waals surface area contributed by atoms with E-state index in [-0.39, 0.29) is 12.8 Å². The average Bonchev–Trinajstić information content (AvgIpc) is 3.27. The van der Waals surface area contributed by atoms with Gasteiger partial charge in [-0.2, -0.15) is 0 Å². The number of aliphatic hydroxyl groups is 1. The fraction of sp³-hybridized carbons (Fsp3) is 0.759. The van der Waals surface area contributed by atoms with Crippen molar-refractivity contribution < 1.29 is 42.8 Å². The lowest BCUT2D eigenvalue weighted by Gasteiger charge is -2.63. The number of rotatable bonds is 7. The molecule has 216 valence electrons. The summed E-state index contributed by atoms with van der Waals surface area (Å²) in [7, 11) is 0. The van der Waals surface area contributed by atoms with Crippen LogP contribution in [0.1, 0.15) is 66.7 Å². The van der Waals surface area contributed by atoms with Gasteiger partial charge in [0.15, 0.2) is 18.0 Å². The second kappa shape index (κ2) is 9.36. The first-order valence-corrected chi connectivity index (χ1v) is 14.2. The number of hydrogen-bond acceptors (Lipinski definition) is 8. The van der Waals surface area contributed by atoms with Crippen molar-refractivity contribution in [2.45, 2.75) is 96.0 Å². The number of halogens is 2. The maximum atomic E-state index is 17.8. The van der Waals surface area contributed by atoms with Crippen LogP contribution in [-0.4, -0.2) is 71.5 Å². The van der Waals surface area contributed by atoms with Crippen LogP contribution in [0.4, 0.5) is 4.39 Å². The number of carbonyl (C=O) groups is 3. The highest BCUT2D eigenvalue weighted by molar-refractivity contribution is 6.18. The molecular weight excluding hydrogens is 531 g/mol. The van der Waals surface area contributed by atoms with Gasteiger partial charge in [-0.25, -0.2) is 4.39 Å². The monoisotopic (exact) mass is 568 g/mol. The molecular formula is C29H38ClFO8. The Bertz CT molecular complexity index is 1150. The minimum Gasteiger partial charge on any atom is -0.497 e. The van der Waals surface area contributed by atoms with E-state index in [1.54, 1.807) is 26.8 Å².